The number of nitrogens with one attached hydrogen (secondary N) is 1. The van der Waals surface area contributed by atoms with Gasteiger partial charge in [-0.25, -0.2) is 9.61 Å². The third-order valence-electron chi connectivity index (χ3n) is 5.30. The molecule has 148 valence electrons. The summed E-state index contributed by atoms with van der Waals surface area (Å²) in [5.74, 6) is 0.871. The van der Waals surface area contributed by atoms with E-state index in [0.29, 0.717) is 18.1 Å². The Morgan fingerprint density at radius 2 is 1.90 bits per heavy atom. The first-order valence-electron chi connectivity index (χ1n) is 9.76. The first kappa shape index (κ1) is 17.6. The Balaban J connectivity index is 1.81. The van der Waals surface area contributed by atoms with Crippen molar-refractivity contribution in [2.75, 3.05) is 36.8 Å². The van der Waals surface area contributed by atoms with E-state index in [1.54, 1.807) is 0 Å². The van der Waals surface area contributed by atoms with Crippen LogP contribution < -0.4 is 16.0 Å². The molecule has 4 aromatic rings. The van der Waals surface area contributed by atoms with Crippen LogP contribution in [0.15, 0.2) is 41.2 Å². The molecular formula is C20H22N8O. The van der Waals surface area contributed by atoms with Crippen molar-refractivity contribution in [3.8, 4) is 22.8 Å². The van der Waals surface area contributed by atoms with Crippen LogP contribution in [0.5, 0.6) is 0 Å². The number of aromatic nitrogens is 5. The van der Waals surface area contributed by atoms with Gasteiger partial charge in [-0.3, -0.25) is 4.98 Å². The number of anilines is 2. The lowest BCUT2D eigenvalue weighted by Crippen LogP contribution is -2.43. The third kappa shape index (κ3) is 2.90. The Morgan fingerprint density at radius 1 is 1.10 bits per heavy atom. The molecule has 5 rings (SSSR count). The summed E-state index contributed by atoms with van der Waals surface area (Å²) in [4.78, 5) is 12.1. The second-order valence-electron chi connectivity index (χ2n) is 6.97. The quantitative estimate of drug-likeness (QED) is 0.545. The SMILES string of the molecule is CCn1c(-c2nonc2N)nc2c(-c3ccccc3)ncc(N3CCNCC3)c21. The first-order valence-corrected chi connectivity index (χ1v) is 9.76. The van der Waals surface area contributed by atoms with Crippen molar-refractivity contribution < 1.29 is 4.63 Å². The monoisotopic (exact) mass is 390 g/mol. The smallest absolute Gasteiger partial charge is 0.199 e. The standard InChI is InChI=1S/C20H22N8O/c1-2-28-18-14(27-10-8-22-9-11-27)12-23-15(13-6-4-3-5-7-13)16(18)24-20(28)17-19(21)26-29-25-17/h3-7,12,22H,2,8-11H2,1H3,(H2,21,26). The van der Waals surface area contributed by atoms with Gasteiger partial charge in [0.2, 0.25) is 0 Å². The molecule has 1 aromatic carbocycles. The topological polar surface area (TPSA) is 111 Å². The van der Waals surface area contributed by atoms with Gasteiger partial charge >= 0.3 is 0 Å². The van der Waals surface area contributed by atoms with E-state index in [1.807, 2.05) is 36.5 Å². The van der Waals surface area contributed by atoms with Gasteiger partial charge in [-0.05, 0) is 17.2 Å². The molecule has 0 unspecified atom stereocenters. The van der Waals surface area contributed by atoms with Gasteiger partial charge in [0.25, 0.3) is 0 Å². The van der Waals surface area contributed by atoms with E-state index in [2.05, 4.69) is 32.0 Å². The summed E-state index contributed by atoms with van der Waals surface area (Å²) in [6.07, 6.45) is 1.96. The second kappa shape index (κ2) is 7.17. The van der Waals surface area contributed by atoms with Crippen molar-refractivity contribution in [1.82, 2.24) is 30.2 Å². The molecule has 1 aliphatic heterocycles. The third-order valence-corrected chi connectivity index (χ3v) is 5.30. The molecule has 1 fully saturated rings. The summed E-state index contributed by atoms with van der Waals surface area (Å²) in [5.41, 5.74) is 11.2. The van der Waals surface area contributed by atoms with Crippen LogP contribution >= 0.6 is 0 Å². The van der Waals surface area contributed by atoms with E-state index < -0.39 is 0 Å². The fourth-order valence-corrected chi connectivity index (χ4v) is 3.91. The molecule has 0 saturated carbocycles. The number of aryl methyl sites for hydroxylation is 1. The van der Waals surface area contributed by atoms with Gasteiger partial charge in [-0.15, -0.1) is 0 Å². The van der Waals surface area contributed by atoms with Crippen LogP contribution in [0, 0.1) is 0 Å². The molecule has 1 saturated heterocycles. The van der Waals surface area contributed by atoms with E-state index in [0.717, 1.165) is 54.2 Å². The summed E-state index contributed by atoms with van der Waals surface area (Å²) in [6, 6.07) is 10.1. The van der Waals surface area contributed by atoms with Crippen LogP contribution in [0.25, 0.3) is 33.8 Å². The Bertz CT molecular complexity index is 1140. The number of piperazine rings is 1. The van der Waals surface area contributed by atoms with E-state index in [1.165, 1.54) is 0 Å². The molecule has 3 aromatic heterocycles. The van der Waals surface area contributed by atoms with E-state index >= 15 is 0 Å². The molecule has 9 heteroatoms. The number of pyridine rings is 1. The van der Waals surface area contributed by atoms with Crippen molar-refractivity contribution in [1.29, 1.82) is 0 Å². The Morgan fingerprint density at radius 3 is 2.59 bits per heavy atom. The average Bonchev–Trinajstić information content (AvgIpc) is 3.37. The second-order valence-corrected chi connectivity index (χ2v) is 6.97. The van der Waals surface area contributed by atoms with Gasteiger partial charge in [-0.1, -0.05) is 30.3 Å². The predicted molar refractivity (Wildman–Crippen MR) is 111 cm³/mol. The normalized spacial score (nSPS) is 14.6. The van der Waals surface area contributed by atoms with Gasteiger partial charge in [0.15, 0.2) is 17.3 Å². The van der Waals surface area contributed by atoms with Gasteiger partial charge < -0.3 is 20.5 Å². The molecule has 0 atom stereocenters. The number of imidazole rings is 1. The zero-order valence-corrected chi connectivity index (χ0v) is 16.2. The fourth-order valence-electron chi connectivity index (χ4n) is 3.91. The summed E-state index contributed by atoms with van der Waals surface area (Å²) in [5, 5.41) is 11.1. The maximum atomic E-state index is 5.99. The van der Waals surface area contributed by atoms with E-state index in [9.17, 15) is 0 Å². The van der Waals surface area contributed by atoms with Crippen LogP contribution in [0.4, 0.5) is 11.5 Å². The molecule has 29 heavy (non-hydrogen) atoms. The minimum atomic E-state index is 0.230. The van der Waals surface area contributed by atoms with Gasteiger partial charge in [-0.2, -0.15) is 0 Å². The molecule has 0 amide bonds. The highest BCUT2D eigenvalue weighted by atomic mass is 16.6. The summed E-state index contributed by atoms with van der Waals surface area (Å²) < 4.78 is 6.97. The van der Waals surface area contributed by atoms with Gasteiger partial charge in [0.1, 0.15) is 5.52 Å². The minimum Gasteiger partial charge on any atom is -0.379 e. The minimum absolute atomic E-state index is 0.230. The molecule has 9 nitrogen and oxygen atoms in total. The molecule has 0 radical (unpaired) electrons. The molecule has 1 aliphatic rings. The van der Waals surface area contributed by atoms with Crippen LogP contribution in [0.2, 0.25) is 0 Å². The van der Waals surface area contributed by atoms with Crippen LogP contribution in [-0.4, -0.2) is 51.0 Å². The van der Waals surface area contributed by atoms with Crippen LogP contribution in [0.3, 0.4) is 0 Å². The number of nitrogen functional groups attached to an aromatic ring is 1. The average molecular weight is 390 g/mol. The molecule has 0 spiro atoms. The maximum absolute atomic E-state index is 5.99. The maximum Gasteiger partial charge on any atom is 0.199 e. The number of fused-ring (bicyclic) bond motifs is 1. The van der Waals surface area contributed by atoms with Crippen molar-refractivity contribution in [2.45, 2.75) is 13.5 Å². The fraction of sp³-hybridized carbons (Fsp3) is 0.300. The van der Waals surface area contributed by atoms with E-state index in [-0.39, 0.29) is 5.82 Å². The van der Waals surface area contributed by atoms with Gasteiger partial charge in [0.05, 0.1) is 23.1 Å². The largest absolute Gasteiger partial charge is 0.379 e. The highest BCUT2D eigenvalue weighted by Crippen LogP contribution is 2.36. The summed E-state index contributed by atoms with van der Waals surface area (Å²) in [6.45, 7) is 6.50. The molecule has 0 aliphatic carbocycles. The Hall–Kier alpha value is -3.46. The number of hydrogen-bond donors (Lipinski definition) is 2. The highest BCUT2D eigenvalue weighted by Gasteiger charge is 2.25. The molecule has 0 bridgehead atoms. The van der Waals surface area contributed by atoms with Gasteiger partial charge in [0, 0.05) is 38.3 Å². The van der Waals surface area contributed by atoms with Crippen molar-refractivity contribution in [3.63, 3.8) is 0 Å². The Kier molecular flexibility index (Phi) is 4.36. The first-order chi connectivity index (χ1) is 14.3. The lowest BCUT2D eigenvalue weighted by molar-refractivity contribution is 0.310. The molecule has 3 N–H and O–H groups in total. The van der Waals surface area contributed by atoms with Crippen molar-refractivity contribution in [3.05, 3.63) is 36.5 Å². The number of hydrogen-bond acceptors (Lipinski definition) is 8. The van der Waals surface area contributed by atoms with Crippen LogP contribution in [-0.2, 0) is 6.54 Å². The lowest BCUT2D eigenvalue weighted by Gasteiger charge is -2.30. The van der Waals surface area contributed by atoms with E-state index in [4.69, 9.17) is 20.3 Å². The summed E-state index contributed by atoms with van der Waals surface area (Å²) in [7, 11) is 0. The number of nitrogens with two attached hydrogens (primary N) is 1. The van der Waals surface area contributed by atoms with Crippen molar-refractivity contribution in [2.24, 2.45) is 0 Å². The summed E-state index contributed by atoms with van der Waals surface area (Å²) >= 11 is 0. The van der Waals surface area contributed by atoms with Crippen LogP contribution in [0.1, 0.15) is 6.92 Å². The molecular weight excluding hydrogens is 368 g/mol. The zero-order chi connectivity index (χ0) is 19.8. The predicted octanol–water partition coefficient (Wildman–Crippen LogP) is 2.16. The van der Waals surface area contributed by atoms with Crippen molar-refractivity contribution >= 4 is 22.5 Å². The molecule has 4 heterocycles. The Labute approximate surface area is 167 Å². The highest BCUT2D eigenvalue weighted by molar-refractivity contribution is 5.99. The number of rotatable bonds is 4. The zero-order valence-electron chi connectivity index (χ0n) is 16.2. The number of nitrogens with zero attached hydrogens (tertiary/aromatic N) is 6. The number of benzene rings is 1. The lowest BCUT2D eigenvalue weighted by atomic mass is 10.1.